The molecule has 2 N–H and O–H groups in total. The third-order valence-electron chi connectivity index (χ3n) is 3.43. The van der Waals surface area contributed by atoms with Crippen LogP contribution in [-0.4, -0.2) is 24.2 Å². The highest BCUT2D eigenvalue weighted by Gasteiger charge is 2.29. The second-order valence-corrected chi connectivity index (χ2v) is 5.96. The number of rotatable bonds is 4. The van der Waals surface area contributed by atoms with Gasteiger partial charge in [-0.2, -0.15) is 0 Å². The van der Waals surface area contributed by atoms with Crippen molar-refractivity contribution in [2.45, 2.75) is 17.4 Å². The molecule has 0 bridgehead atoms. The van der Waals surface area contributed by atoms with Crippen molar-refractivity contribution in [3.8, 4) is 5.75 Å². The van der Waals surface area contributed by atoms with E-state index in [9.17, 15) is 9.59 Å². The van der Waals surface area contributed by atoms with E-state index in [1.807, 2.05) is 42.7 Å². The average Bonchev–Trinajstić information content (AvgIpc) is 2.55. The summed E-state index contributed by atoms with van der Waals surface area (Å²) in [6.45, 7) is 0. The van der Waals surface area contributed by atoms with Crippen molar-refractivity contribution in [3.05, 3.63) is 48.5 Å². The fraction of sp³-hybridized carbons (Fsp3) is 0.176. The Morgan fingerprint density at radius 3 is 2.91 bits per heavy atom. The standard InChI is InChI=1S/C17H16N2O3S/c1-23-12-6-4-5-11(9-12)18-16(20)10-15-17(21)19-13-7-2-3-8-14(13)22-15/h2-9,15H,10H2,1H3,(H,18,20)(H,19,21)/t15-/m0/s1. The fourth-order valence-corrected chi connectivity index (χ4v) is 2.77. The average molecular weight is 328 g/mol. The highest BCUT2D eigenvalue weighted by atomic mass is 32.2. The predicted molar refractivity (Wildman–Crippen MR) is 91.0 cm³/mol. The predicted octanol–water partition coefficient (Wildman–Crippen LogP) is 3.14. The van der Waals surface area contributed by atoms with Gasteiger partial charge >= 0.3 is 0 Å². The summed E-state index contributed by atoms with van der Waals surface area (Å²) < 4.78 is 5.62. The van der Waals surface area contributed by atoms with E-state index in [0.717, 1.165) is 4.90 Å². The number of amides is 2. The Morgan fingerprint density at radius 1 is 1.26 bits per heavy atom. The molecule has 0 saturated heterocycles. The van der Waals surface area contributed by atoms with E-state index in [1.54, 1.807) is 23.9 Å². The van der Waals surface area contributed by atoms with Gasteiger partial charge in [0.15, 0.2) is 6.10 Å². The number of thioether (sulfide) groups is 1. The lowest BCUT2D eigenvalue weighted by Crippen LogP contribution is -2.39. The minimum absolute atomic E-state index is 0.0380. The van der Waals surface area contributed by atoms with Gasteiger partial charge in [0.25, 0.3) is 5.91 Å². The molecule has 1 heterocycles. The van der Waals surface area contributed by atoms with E-state index >= 15 is 0 Å². The first-order chi connectivity index (χ1) is 11.2. The Balaban J connectivity index is 1.65. The third kappa shape index (κ3) is 3.65. The van der Waals surface area contributed by atoms with Crippen LogP contribution in [0, 0.1) is 0 Å². The lowest BCUT2D eigenvalue weighted by atomic mass is 10.1. The van der Waals surface area contributed by atoms with Crippen molar-refractivity contribution in [1.82, 2.24) is 0 Å². The lowest BCUT2D eigenvalue weighted by molar-refractivity contribution is -0.128. The lowest BCUT2D eigenvalue weighted by Gasteiger charge is -2.25. The summed E-state index contributed by atoms with van der Waals surface area (Å²) in [6.07, 6.45) is 1.11. The fourth-order valence-electron chi connectivity index (χ4n) is 2.31. The number of ether oxygens (including phenoxy) is 1. The smallest absolute Gasteiger partial charge is 0.266 e. The van der Waals surface area contributed by atoms with E-state index in [4.69, 9.17) is 4.74 Å². The zero-order chi connectivity index (χ0) is 16.2. The minimum atomic E-state index is -0.825. The van der Waals surface area contributed by atoms with Crippen molar-refractivity contribution in [3.63, 3.8) is 0 Å². The van der Waals surface area contributed by atoms with Gasteiger partial charge in [0.1, 0.15) is 5.75 Å². The van der Waals surface area contributed by atoms with Gasteiger partial charge in [-0.25, -0.2) is 0 Å². The molecule has 0 spiro atoms. The third-order valence-corrected chi connectivity index (χ3v) is 4.16. The summed E-state index contributed by atoms with van der Waals surface area (Å²) in [6, 6.07) is 14.7. The molecule has 0 radical (unpaired) electrons. The SMILES string of the molecule is CSc1cccc(NC(=O)C[C@@H]2Oc3ccccc3NC2=O)c1. The molecule has 0 fully saturated rings. The van der Waals surface area contributed by atoms with Crippen LogP contribution in [0.1, 0.15) is 6.42 Å². The number of fused-ring (bicyclic) bond motifs is 1. The Hall–Kier alpha value is -2.47. The molecule has 5 nitrogen and oxygen atoms in total. The van der Waals surface area contributed by atoms with Crippen LogP contribution in [0.2, 0.25) is 0 Å². The molecular formula is C17H16N2O3S. The second kappa shape index (κ2) is 6.75. The largest absolute Gasteiger partial charge is 0.478 e. The Bertz CT molecular complexity index is 748. The number of carbonyl (C=O) groups excluding carboxylic acids is 2. The van der Waals surface area contributed by atoms with Crippen LogP contribution in [-0.2, 0) is 9.59 Å². The number of benzene rings is 2. The maximum atomic E-state index is 12.2. The number of carbonyl (C=O) groups is 2. The summed E-state index contributed by atoms with van der Waals surface area (Å²) in [4.78, 5) is 25.2. The summed E-state index contributed by atoms with van der Waals surface area (Å²) in [5, 5.41) is 5.55. The van der Waals surface area contributed by atoms with E-state index in [-0.39, 0.29) is 18.2 Å². The molecule has 6 heteroatoms. The quantitative estimate of drug-likeness (QED) is 0.846. The molecule has 0 saturated carbocycles. The summed E-state index contributed by atoms with van der Waals surface area (Å²) in [7, 11) is 0. The van der Waals surface area contributed by atoms with Crippen LogP contribution in [0.25, 0.3) is 0 Å². The molecule has 2 aromatic carbocycles. The summed E-state index contributed by atoms with van der Waals surface area (Å²) in [5.74, 6) is 0.00813. The Labute approximate surface area is 138 Å². The zero-order valence-corrected chi connectivity index (χ0v) is 13.4. The molecule has 0 aromatic heterocycles. The van der Waals surface area contributed by atoms with Gasteiger partial charge < -0.3 is 15.4 Å². The number of hydrogen-bond donors (Lipinski definition) is 2. The highest BCUT2D eigenvalue weighted by molar-refractivity contribution is 7.98. The van der Waals surface area contributed by atoms with Crippen molar-refractivity contribution in [2.75, 3.05) is 16.9 Å². The van der Waals surface area contributed by atoms with Crippen molar-refractivity contribution in [2.24, 2.45) is 0 Å². The second-order valence-electron chi connectivity index (χ2n) is 5.08. The van der Waals surface area contributed by atoms with E-state index in [2.05, 4.69) is 10.6 Å². The molecule has 2 amide bonds. The van der Waals surface area contributed by atoms with Gasteiger partial charge in [0.05, 0.1) is 12.1 Å². The van der Waals surface area contributed by atoms with E-state index in [1.165, 1.54) is 0 Å². The Kier molecular flexibility index (Phi) is 4.52. The molecule has 1 aliphatic heterocycles. The first-order valence-corrected chi connectivity index (χ1v) is 8.38. The number of anilines is 2. The molecule has 23 heavy (non-hydrogen) atoms. The zero-order valence-electron chi connectivity index (χ0n) is 12.5. The van der Waals surface area contributed by atoms with Gasteiger partial charge in [-0.05, 0) is 36.6 Å². The van der Waals surface area contributed by atoms with Crippen molar-refractivity contribution in [1.29, 1.82) is 0 Å². The molecule has 1 atom stereocenters. The number of hydrogen-bond acceptors (Lipinski definition) is 4. The molecular weight excluding hydrogens is 312 g/mol. The minimum Gasteiger partial charge on any atom is -0.478 e. The van der Waals surface area contributed by atoms with Crippen LogP contribution in [0.15, 0.2) is 53.4 Å². The molecule has 118 valence electrons. The topological polar surface area (TPSA) is 67.4 Å². The maximum Gasteiger partial charge on any atom is 0.266 e. The van der Waals surface area contributed by atoms with Gasteiger partial charge in [0, 0.05) is 10.6 Å². The highest BCUT2D eigenvalue weighted by Crippen LogP contribution is 2.29. The molecule has 0 aliphatic carbocycles. The number of para-hydroxylation sites is 2. The first-order valence-electron chi connectivity index (χ1n) is 7.16. The maximum absolute atomic E-state index is 12.2. The molecule has 0 unspecified atom stereocenters. The normalized spacial score (nSPS) is 16.0. The van der Waals surface area contributed by atoms with Crippen molar-refractivity contribution < 1.29 is 14.3 Å². The first kappa shape index (κ1) is 15.4. The van der Waals surface area contributed by atoms with Gasteiger partial charge in [-0.1, -0.05) is 18.2 Å². The summed E-state index contributed by atoms with van der Waals surface area (Å²) >= 11 is 1.60. The summed E-state index contributed by atoms with van der Waals surface area (Å²) in [5.41, 5.74) is 1.33. The van der Waals surface area contributed by atoms with Crippen LogP contribution >= 0.6 is 11.8 Å². The molecule has 2 aromatic rings. The van der Waals surface area contributed by atoms with Crippen LogP contribution in [0.5, 0.6) is 5.75 Å². The number of nitrogens with one attached hydrogen (secondary N) is 2. The van der Waals surface area contributed by atoms with E-state index in [0.29, 0.717) is 17.1 Å². The van der Waals surface area contributed by atoms with Gasteiger partial charge in [0.2, 0.25) is 5.91 Å². The molecule has 1 aliphatic rings. The van der Waals surface area contributed by atoms with Crippen LogP contribution < -0.4 is 15.4 Å². The monoisotopic (exact) mass is 328 g/mol. The Morgan fingerprint density at radius 2 is 2.09 bits per heavy atom. The van der Waals surface area contributed by atoms with Crippen LogP contribution in [0.4, 0.5) is 11.4 Å². The van der Waals surface area contributed by atoms with E-state index < -0.39 is 6.10 Å². The van der Waals surface area contributed by atoms with Gasteiger partial charge in [-0.3, -0.25) is 9.59 Å². The van der Waals surface area contributed by atoms with Crippen LogP contribution in [0.3, 0.4) is 0 Å². The van der Waals surface area contributed by atoms with Crippen molar-refractivity contribution >= 4 is 35.0 Å². The van der Waals surface area contributed by atoms with Gasteiger partial charge in [-0.15, -0.1) is 11.8 Å². The molecule has 3 rings (SSSR count).